The van der Waals surface area contributed by atoms with Gasteiger partial charge in [0.15, 0.2) is 5.60 Å². The van der Waals surface area contributed by atoms with Crippen molar-refractivity contribution in [3.8, 4) is 17.6 Å². The normalized spacial score (nSPS) is 17.4. The number of aliphatic hydroxyl groups is 1. The van der Waals surface area contributed by atoms with Crippen LogP contribution < -0.4 is 25.0 Å². The summed E-state index contributed by atoms with van der Waals surface area (Å²) in [6.07, 6.45) is -3.31. The fourth-order valence-corrected chi connectivity index (χ4v) is 6.20. The molecule has 2 heterocycles. The molecule has 5 rings (SSSR count). The number of hydrogen-bond acceptors (Lipinski definition) is 10. The number of imide groups is 1. The summed E-state index contributed by atoms with van der Waals surface area (Å²) in [6.45, 7) is 5.45. The number of piperazine rings is 1. The zero-order valence-electron chi connectivity index (χ0n) is 30.5. The van der Waals surface area contributed by atoms with E-state index in [1.807, 2.05) is 36.4 Å². The fourth-order valence-electron chi connectivity index (χ4n) is 6.20. The predicted molar refractivity (Wildman–Crippen MR) is 195 cm³/mol. The van der Waals surface area contributed by atoms with E-state index in [1.165, 1.54) is 17.9 Å². The van der Waals surface area contributed by atoms with Crippen LogP contribution in [0.2, 0.25) is 0 Å². The van der Waals surface area contributed by atoms with Crippen LogP contribution in [0.3, 0.4) is 0 Å². The molecule has 0 aliphatic carbocycles. The van der Waals surface area contributed by atoms with Gasteiger partial charge in [-0.25, -0.2) is 0 Å². The third kappa shape index (κ3) is 11.0. The highest BCUT2D eigenvalue weighted by atomic mass is 19.4. The van der Waals surface area contributed by atoms with Crippen LogP contribution in [0.25, 0.3) is 0 Å². The molecule has 2 aliphatic rings. The van der Waals surface area contributed by atoms with Crippen LogP contribution in [0.1, 0.15) is 42.9 Å². The number of ether oxygens (including phenoxy) is 2. The zero-order chi connectivity index (χ0) is 39.8. The molecule has 0 bridgehead atoms. The number of likely N-dealkylation sites (N-methyl/N-ethyl adjacent to an activating group) is 1. The molecule has 2 atom stereocenters. The highest BCUT2D eigenvalue weighted by molar-refractivity contribution is 6.01. The third-order valence-electron chi connectivity index (χ3n) is 9.52. The van der Waals surface area contributed by atoms with E-state index in [1.54, 1.807) is 19.2 Å². The van der Waals surface area contributed by atoms with Gasteiger partial charge in [0, 0.05) is 57.6 Å². The van der Waals surface area contributed by atoms with Gasteiger partial charge in [-0.15, -0.1) is 0 Å². The monoisotopic (exact) mass is 764 g/mol. The van der Waals surface area contributed by atoms with Crippen LogP contribution in [0.15, 0.2) is 66.7 Å². The summed E-state index contributed by atoms with van der Waals surface area (Å²) in [5, 5.41) is 24.2. The number of piperidine rings is 1. The van der Waals surface area contributed by atoms with Crippen molar-refractivity contribution < 1.29 is 46.9 Å². The Hall–Kier alpha value is -5.66. The van der Waals surface area contributed by atoms with Crippen LogP contribution in [0.5, 0.6) is 11.5 Å². The van der Waals surface area contributed by atoms with Crippen molar-refractivity contribution in [3.05, 3.63) is 83.4 Å². The van der Waals surface area contributed by atoms with Gasteiger partial charge >= 0.3 is 6.18 Å². The summed E-state index contributed by atoms with van der Waals surface area (Å²) in [5.41, 5.74) is -2.29. The molecule has 292 valence electrons. The number of hydrogen-bond donors (Lipinski definition) is 3. The summed E-state index contributed by atoms with van der Waals surface area (Å²) in [7, 11) is 1.57. The van der Waals surface area contributed by atoms with Gasteiger partial charge in [-0.1, -0.05) is 12.1 Å². The maximum Gasteiger partial charge on any atom is 0.417 e. The van der Waals surface area contributed by atoms with Crippen molar-refractivity contribution in [2.75, 3.05) is 63.2 Å². The van der Waals surface area contributed by atoms with E-state index in [2.05, 4.69) is 20.4 Å². The SMILES string of the molecule is CN(C(=O)Cc1ccc(OCCCN2CCN(c3ccc(OC[C@](C)(O)C(=O)Nc4ccc(C#N)c(C(F)(F)F)c4)cc3)CC2)cc1)C1CCC(=O)NC1=O. The zero-order valence-corrected chi connectivity index (χ0v) is 30.5. The summed E-state index contributed by atoms with van der Waals surface area (Å²) >= 11 is 0. The molecule has 0 aromatic heterocycles. The highest BCUT2D eigenvalue weighted by Crippen LogP contribution is 2.34. The number of amides is 4. The Morgan fingerprint density at radius 3 is 2.29 bits per heavy atom. The van der Waals surface area contributed by atoms with E-state index < -0.39 is 47.4 Å². The van der Waals surface area contributed by atoms with Crippen LogP contribution in [0, 0.1) is 11.3 Å². The average Bonchev–Trinajstić information content (AvgIpc) is 3.16. The van der Waals surface area contributed by atoms with Crippen LogP contribution >= 0.6 is 0 Å². The first-order chi connectivity index (χ1) is 26.1. The van der Waals surface area contributed by atoms with E-state index >= 15 is 0 Å². The first kappa shape index (κ1) is 40.5. The number of nitrogens with zero attached hydrogens (tertiary/aromatic N) is 4. The van der Waals surface area contributed by atoms with Gasteiger partial charge in [-0.3, -0.25) is 29.4 Å². The lowest BCUT2D eigenvalue weighted by molar-refractivity contribution is -0.144. The topological polar surface area (TPSA) is 165 Å². The van der Waals surface area contributed by atoms with E-state index in [4.69, 9.17) is 14.7 Å². The first-order valence-corrected chi connectivity index (χ1v) is 17.8. The number of nitriles is 1. The quantitative estimate of drug-likeness (QED) is 0.163. The van der Waals surface area contributed by atoms with Crippen LogP contribution in [-0.4, -0.2) is 103 Å². The average molecular weight is 765 g/mol. The highest BCUT2D eigenvalue weighted by Gasteiger charge is 2.36. The number of halogens is 3. The molecule has 3 aromatic rings. The smallest absolute Gasteiger partial charge is 0.417 e. The lowest BCUT2D eigenvalue weighted by Crippen LogP contribution is -2.53. The summed E-state index contributed by atoms with van der Waals surface area (Å²) in [5.74, 6) is -0.850. The Kier molecular flexibility index (Phi) is 13.0. The Balaban J connectivity index is 0.985. The molecule has 2 saturated heterocycles. The second kappa shape index (κ2) is 17.7. The van der Waals surface area contributed by atoms with Crippen molar-refractivity contribution in [1.29, 1.82) is 5.26 Å². The number of rotatable bonds is 14. The van der Waals surface area contributed by atoms with Crippen molar-refractivity contribution in [2.24, 2.45) is 0 Å². The largest absolute Gasteiger partial charge is 0.494 e. The van der Waals surface area contributed by atoms with Gasteiger partial charge in [-0.05, 0) is 79.9 Å². The molecule has 16 heteroatoms. The van der Waals surface area contributed by atoms with E-state index in [-0.39, 0.29) is 30.3 Å². The number of benzene rings is 3. The minimum absolute atomic E-state index is 0.131. The molecule has 0 spiro atoms. The molecule has 3 N–H and O–H groups in total. The van der Waals surface area contributed by atoms with Crippen LogP contribution in [-0.2, 0) is 31.8 Å². The Bertz CT molecular complexity index is 1890. The Morgan fingerprint density at radius 1 is 1.00 bits per heavy atom. The molecule has 0 saturated carbocycles. The van der Waals surface area contributed by atoms with E-state index in [9.17, 15) is 37.5 Å². The minimum Gasteiger partial charge on any atom is -0.494 e. The van der Waals surface area contributed by atoms with E-state index in [0.29, 0.717) is 30.6 Å². The fraction of sp³-hybridized carbons (Fsp3) is 0.410. The molecule has 2 aliphatic heterocycles. The molecule has 1 unspecified atom stereocenters. The van der Waals surface area contributed by atoms with Gasteiger partial charge < -0.3 is 29.7 Å². The lowest BCUT2D eigenvalue weighted by Gasteiger charge is -2.36. The number of carbonyl (C=O) groups excluding carboxylic acids is 4. The summed E-state index contributed by atoms with van der Waals surface area (Å²) < 4.78 is 51.4. The molecule has 13 nitrogen and oxygen atoms in total. The molecule has 3 aromatic carbocycles. The number of nitrogens with one attached hydrogen (secondary N) is 2. The maximum atomic E-state index is 13.3. The molecule has 4 amide bonds. The van der Waals surface area contributed by atoms with Gasteiger partial charge in [0.1, 0.15) is 24.1 Å². The molecule has 55 heavy (non-hydrogen) atoms. The Labute approximate surface area is 316 Å². The predicted octanol–water partition coefficient (Wildman–Crippen LogP) is 3.74. The van der Waals surface area contributed by atoms with Gasteiger partial charge in [0.25, 0.3) is 5.91 Å². The standard InChI is InChI=1S/C39H43F3N6O7/c1-38(53,37(52)44-28-7-6-27(24-43)32(23-28)39(40,41)42)25-55-31-12-8-29(9-13-31)48-19-17-47(18-20-48)16-3-21-54-30-10-4-26(5-11-30)22-35(50)46(2)33-14-15-34(49)45-36(33)51/h4-13,23,33,53H,3,14-22,25H2,1-2H3,(H,44,52)(H,45,49,51)/t33?,38-/m0/s1. The summed E-state index contributed by atoms with van der Waals surface area (Å²) in [4.78, 5) is 54.9. The number of anilines is 2. The molecular formula is C39H43F3N6O7. The Morgan fingerprint density at radius 2 is 1.65 bits per heavy atom. The lowest BCUT2D eigenvalue weighted by atomic mass is 10.0. The van der Waals surface area contributed by atoms with Crippen molar-refractivity contribution in [2.45, 2.75) is 50.4 Å². The molecule has 2 fully saturated rings. The van der Waals surface area contributed by atoms with Crippen molar-refractivity contribution in [3.63, 3.8) is 0 Å². The second-order valence-electron chi connectivity index (χ2n) is 13.7. The van der Waals surface area contributed by atoms with E-state index in [0.717, 1.165) is 62.5 Å². The molecular weight excluding hydrogens is 721 g/mol. The summed E-state index contributed by atoms with van der Waals surface area (Å²) in [6, 6.07) is 18.1. The van der Waals surface area contributed by atoms with Gasteiger partial charge in [0.2, 0.25) is 17.7 Å². The van der Waals surface area contributed by atoms with Crippen molar-refractivity contribution >= 4 is 35.0 Å². The van der Waals surface area contributed by atoms with Crippen molar-refractivity contribution in [1.82, 2.24) is 15.1 Å². The minimum atomic E-state index is -4.79. The second-order valence-corrected chi connectivity index (χ2v) is 13.7. The third-order valence-corrected chi connectivity index (χ3v) is 9.52. The maximum absolute atomic E-state index is 13.3. The van der Waals surface area contributed by atoms with Gasteiger partial charge in [-0.2, -0.15) is 18.4 Å². The number of carbonyl (C=O) groups is 4. The van der Waals surface area contributed by atoms with Crippen LogP contribution in [0.4, 0.5) is 24.5 Å². The first-order valence-electron chi connectivity index (χ1n) is 17.8. The van der Waals surface area contributed by atoms with Gasteiger partial charge in [0.05, 0.1) is 30.2 Å². The molecule has 0 radical (unpaired) electrons. The number of alkyl halides is 3.